The molecule has 29 heavy (non-hydrogen) atoms. The fraction of sp³-hybridized carbons (Fsp3) is 0.0476. The minimum absolute atomic E-state index is 0.235. The van der Waals surface area contributed by atoms with Crippen molar-refractivity contribution in [3.63, 3.8) is 0 Å². The second-order valence-corrected chi connectivity index (χ2v) is 7.36. The zero-order valence-corrected chi connectivity index (χ0v) is 16.6. The topological polar surface area (TPSA) is 61.2 Å². The fourth-order valence-electron chi connectivity index (χ4n) is 2.85. The summed E-state index contributed by atoms with van der Waals surface area (Å²) in [6, 6.07) is 16.8. The SMILES string of the molecule is Clc1ccccc1N=c1scc(-c2ccco2)n1N=Cc1ccc2c(c1)OCO2. The Morgan fingerprint density at radius 2 is 1.93 bits per heavy atom. The van der Waals surface area contributed by atoms with Gasteiger partial charge in [0.15, 0.2) is 17.3 Å². The van der Waals surface area contributed by atoms with Gasteiger partial charge >= 0.3 is 0 Å². The summed E-state index contributed by atoms with van der Waals surface area (Å²) in [5, 5.41) is 7.18. The van der Waals surface area contributed by atoms with Gasteiger partial charge < -0.3 is 13.9 Å². The number of furan rings is 1. The standard InChI is InChI=1S/C21H14ClN3O3S/c22-15-4-1-2-5-16(15)24-21-25(17(12-29-21)18-6-3-9-26-18)23-11-14-7-8-19-20(10-14)28-13-27-19/h1-12H,13H2. The summed E-state index contributed by atoms with van der Waals surface area (Å²) < 4.78 is 18.1. The van der Waals surface area contributed by atoms with Crippen molar-refractivity contribution < 1.29 is 13.9 Å². The molecule has 0 N–H and O–H groups in total. The molecule has 0 saturated carbocycles. The van der Waals surface area contributed by atoms with Crippen LogP contribution in [0.3, 0.4) is 0 Å². The molecule has 0 radical (unpaired) electrons. The predicted molar refractivity (Wildman–Crippen MR) is 112 cm³/mol. The van der Waals surface area contributed by atoms with E-state index in [2.05, 4.69) is 5.10 Å². The van der Waals surface area contributed by atoms with Crippen LogP contribution in [0.2, 0.25) is 5.02 Å². The molecule has 2 aromatic heterocycles. The molecular weight excluding hydrogens is 410 g/mol. The lowest BCUT2D eigenvalue weighted by Gasteiger charge is -2.02. The van der Waals surface area contributed by atoms with Crippen molar-refractivity contribution in [2.75, 3.05) is 6.79 Å². The van der Waals surface area contributed by atoms with Gasteiger partial charge in [-0.3, -0.25) is 0 Å². The van der Waals surface area contributed by atoms with Crippen molar-refractivity contribution in [1.29, 1.82) is 0 Å². The van der Waals surface area contributed by atoms with E-state index in [4.69, 9.17) is 30.5 Å². The fourth-order valence-corrected chi connectivity index (χ4v) is 3.85. The van der Waals surface area contributed by atoms with Crippen LogP contribution in [0.4, 0.5) is 5.69 Å². The number of nitrogens with zero attached hydrogens (tertiary/aromatic N) is 3. The van der Waals surface area contributed by atoms with Crippen LogP contribution in [0.15, 0.2) is 80.8 Å². The molecule has 144 valence electrons. The van der Waals surface area contributed by atoms with Crippen LogP contribution < -0.4 is 14.3 Å². The number of fused-ring (bicyclic) bond motifs is 1. The summed E-state index contributed by atoms with van der Waals surface area (Å²) in [7, 11) is 0. The average Bonchev–Trinajstić information content (AvgIpc) is 3.48. The van der Waals surface area contributed by atoms with Crippen molar-refractivity contribution >= 4 is 34.8 Å². The highest BCUT2D eigenvalue weighted by Gasteiger charge is 2.13. The molecule has 1 aliphatic heterocycles. The Labute approximate surface area is 174 Å². The molecule has 4 aromatic rings. The molecule has 1 aliphatic rings. The Bertz CT molecular complexity index is 1260. The zero-order chi connectivity index (χ0) is 19.6. The lowest BCUT2D eigenvalue weighted by molar-refractivity contribution is 0.174. The number of benzene rings is 2. The highest BCUT2D eigenvalue weighted by Crippen LogP contribution is 2.32. The summed E-state index contributed by atoms with van der Waals surface area (Å²) in [6.07, 6.45) is 3.37. The third-order valence-electron chi connectivity index (χ3n) is 4.25. The van der Waals surface area contributed by atoms with E-state index in [1.54, 1.807) is 17.2 Å². The van der Waals surface area contributed by atoms with Gasteiger partial charge in [-0.15, -0.1) is 11.3 Å². The van der Waals surface area contributed by atoms with E-state index in [0.717, 1.165) is 17.0 Å². The van der Waals surface area contributed by atoms with Crippen LogP contribution in [0.25, 0.3) is 11.5 Å². The van der Waals surface area contributed by atoms with Crippen molar-refractivity contribution in [2.24, 2.45) is 10.1 Å². The first-order valence-electron chi connectivity index (χ1n) is 8.75. The number of rotatable bonds is 4. The number of halogens is 1. The molecule has 0 amide bonds. The van der Waals surface area contributed by atoms with E-state index in [1.807, 2.05) is 60.0 Å². The molecule has 0 atom stereocenters. The van der Waals surface area contributed by atoms with E-state index >= 15 is 0 Å². The van der Waals surface area contributed by atoms with E-state index in [1.165, 1.54) is 11.3 Å². The molecule has 6 nitrogen and oxygen atoms in total. The molecule has 2 aromatic carbocycles. The molecule has 8 heteroatoms. The molecular formula is C21H14ClN3O3S. The molecule has 0 aliphatic carbocycles. The summed E-state index contributed by atoms with van der Waals surface area (Å²) in [5.74, 6) is 2.14. The first-order valence-corrected chi connectivity index (χ1v) is 10.0. The van der Waals surface area contributed by atoms with Crippen LogP contribution in [0.5, 0.6) is 11.5 Å². The second kappa shape index (κ2) is 7.62. The normalized spacial score (nSPS) is 13.5. The van der Waals surface area contributed by atoms with Crippen LogP contribution in [0.1, 0.15) is 5.56 Å². The lowest BCUT2D eigenvalue weighted by atomic mass is 10.2. The second-order valence-electron chi connectivity index (χ2n) is 6.11. The number of hydrogen-bond acceptors (Lipinski definition) is 6. The van der Waals surface area contributed by atoms with Crippen LogP contribution in [-0.2, 0) is 0 Å². The maximum absolute atomic E-state index is 6.28. The van der Waals surface area contributed by atoms with Gasteiger partial charge in [0.05, 0.1) is 23.2 Å². The summed E-state index contributed by atoms with van der Waals surface area (Å²) in [6.45, 7) is 0.235. The summed E-state index contributed by atoms with van der Waals surface area (Å²) >= 11 is 7.73. The van der Waals surface area contributed by atoms with Crippen molar-refractivity contribution in [2.45, 2.75) is 0 Å². The Kier molecular flexibility index (Phi) is 4.67. The van der Waals surface area contributed by atoms with Gasteiger partial charge in [-0.25, -0.2) is 9.67 Å². The van der Waals surface area contributed by atoms with E-state index in [9.17, 15) is 0 Å². The first kappa shape index (κ1) is 17.8. The summed E-state index contributed by atoms with van der Waals surface area (Å²) in [5.41, 5.74) is 2.35. The van der Waals surface area contributed by atoms with Gasteiger partial charge in [0.25, 0.3) is 0 Å². The average molecular weight is 424 g/mol. The maximum atomic E-state index is 6.28. The van der Waals surface area contributed by atoms with Gasteiger partial charge in [0.1, 0.15) is 5.69 Å². The van der Waals surface area contributed by atoms with E-state index in [-0.39, 0.29) is 6.79 Å². The minimum atomic E-state index is 0.235. The summed E-state index contributed by atoms with van der Waals surface area (Å²) in [4.78, 5) is 5.36. The number of thiazole rings is 1. The molecule has 0 bridgehead atoms. The number of aromatic nitrogens is 1. The Balaban J connectivity index is 1.60. The highest BCUT2D eigenvalue weighted by atomic mass is 35.5. The highest BCUT2D eigenvalue weighted by molar-refractivity contribution is 7.07. The maximum Gasteiger partial charge on any atom is 0.231 e. The smallest absolute Gasteiger partial charge is 0.231 e. The Hall–Kier alpha value is -3.29. The predicted octanol–water partition coefficient (Wildman–Crippen LogP) is 5.31. The lowest BCUT2D eigenvalue weighted by Crippen LogP contribution is -2.11. The molecule has 0 fully saturated rings. The third-order valence-corrected chi connectivity index (χ3v) is 5.38. The minimum Gasteiger partial charge on any atom is -0.463 e. The van der Waals surface area contributed by atoms with Crippen molar-refractivity contribution in [3.8, 4) is 23.0 Å². The molecule has 0 saturated heterocycles. The van der Waals surface area contributed by atoms with Gasteiger partial charge in [0.2, 0.25) is 11.6 Å². The Morgan fingerprint density at radius 3 is 2.79 bits per heavy atom. The van der Waals surface area contributed by atoms with E-state index < -0.39 is 0 Å². The molecule has 0 spiro atoms. The number of para-hydroxylation sites is 1. The third kappa shape index (κ3) is 3.57. The quantitative estimate of drug-likeness (QED) is 0.418. The van der Waals surface area contributed by atoms with Crippen LogP contribution >= 0.6 is 22.9 Å². The number of ether oxygens (including phenoxy) is 2. The molecule has 3 heterocycles. The van der Waals surface area contributed by atoms with Crippen LogP contribution in [0, 0.1) is 0 Å². The van der Waals surface area contributed by atoms with Crippen molar-refractivity contribution in [1.82, 2.24) is 4.68 Å². The monoisotopic (exact) mass is 423 g/mol. The van der Waals surface area contributed by atoms with E-state index in [0.29, 0.717) is 27.0 Å². The number of hydrogen-bond donors (Lipinski definition) is 0. The molecule has 0 unspecified atom stereocenters. The van der Waals surface area contributed by atoms with Gasteiger partial charge in [0, 0.05) is 5.38 Å². The Morgan fingerprint density at radius 1 is 1.03 bits per heavy atom. The largest absolute Gasteiger partial charge is 0.463 e. The van der Waals surface area contributed by atoms with Gasteiger partial charge in [-0.05, 0) is 48.0 Å². The van der Waals surface area contributed by atoms with Gasteiger partial charge in [-0.1, -0.05) is 23.7 Å². The van der Waals surface area contributed by atoms with Crippen molar-refractivity contribution in [3.05, 3.63) is 81.6 Å². The van der Waals surface area contributed by atoms with Gasteiger partial charge in [-0.2, -0.15) is 5.10 Å². The first-order chi connectivity index (χ1) is 14.3. The molecule has 5 rings (SSSR count). The van der Waals surface area contributed by atoms with Crippen LogP contribution in [-0.4, -0.2) is 17.7 Å². The zero-order valence-electron chi connectivity index (χ0n) is 15.0.